The number of nitrogens with one attached hydrogen (secondary N) is 4. The third-order valence-electron chi connectivity index (χ3n) is 9.70. The number of carbonyl (C=O) groups is 5. The van der Waals surface area contributed by atoms with Gasteiger partial charge in [-0.15, -0.1) is 29.8 Å². The van der Waals surface area contributed by atoms with Crippen molar-refractivity contribution in [3.8, 4) is 0 Å². The number of hydrogen-bond acceptors (Lipinski definition) is 7. The van der Waals surface area contributed by atoms with Crippen molar-refractivity contribution in [3.63, 3.8) is 0 Å². The van der Waals surface area contributed by atoms with Gasteiger partial charge in [0, 0.05) is 24.9 Å². The number of amides is 5. The molecular formula is C33H53Cl2N5O7S. The maximum Gasteiger partial charge on any atom is 0.315 e. The summed E-state index contributed by atoms with van der Waals surface area (Å²) in [5.74, 6) is -4.17. The van der Waals surface area contributed by atoms with Crippen LogP contribution in [-0.4, -0.2) is 94.4 Å². The van der Waals surface area contributed by atoms with Gasteiger partial charge in [-0.3, -0.25) is 19.2 Å². The van der Waals surface area contributed by atoms with Crippen LogP contribution in [0.3, 0.4) is 0 Å². The van der Waals surface area contributed by atoms with Crippen LogP contribution in [0.1, 0.15) is 93.4 Å². The second-order valence-corrected chi connectivity index (χ2v) is 19.8. The Balaban J connectivity index is 1.85. The lowest BCUT2D eigenvalue weighted by Crippen LogP contribution is -2.64. The van der Waals surface area contributed by atoms with E-state index in [9.17, 15) is 32.4 Å². The van der Waals surface area contributed by atoms with E-state index in [1.54, 1.807) is 48.5 Å². The van der Waals surface area contributed by atoms with Crippen LogP contribution in [0.4, 0.5) is 4.79 Å². The summed E-state index contributed by atoms with van der Waals surface area (Å²) in [6.45, 7) is 15.7. The molecule has 15 heteroatoms. The van der Waals surface area contributed by atoms with Gasteiger partial charge < -0.3 is 26.2 Å². The molecule has 0 bridgehead atoms. The molecule has 2 aliphatic carbocycles. The first kappa shape index (κ1) is 40.1. The van der Waals surface area contributed by atoms with Gasteiger partial charge in [-0.05, 0) is 45.4 Å². The number of nitrogens with zero attached hydrogens (tertiary/aromatic N) is 1. The molecule has 0 aromatic carbocycles. The Labute approximate surface area is 295 Å². The molecule has 48 heavy (non-hydrogen) atoms. The normalized spacial score (nSPS) is 24.4. The molecule has 1 aliphatic heterocycles. The Morgan fingerprint density at radius 2 is 1.60 bits per heavy atom. The molecule has 1 unspecified atom stereocenters. The number of likely N-dealkylation sites (tertiary alicyclic amines) is 1. The third kappa shape index (κ3) is 8.85. The van der Waals surface area contributed by atoms with Crippen LogP contribution in [0, 0.1) is 17.3 Å². The van der Waals surface area contributed by atoms with E-state index in [4.69, 9.17) is 23.2 Å². The molecule has 12 nitrogen and oxygen atoms in total. The number of alkyl halides is 2. The first-order valence-corrected chi connectivity index (χ1v) is 19.2. The largest absolute Gasteiger partial charge is 0.346 e. The predicted molar refractivity (Wildman–Crippen MR) is 186 cm³/mol. The number of hydrogen-bond donors (Lipinski definition) is 4. The fraction of sp³-hybridized carbons (Fsp3) is 0.788. The highest BCUT2D eigenvalue weighted by atomic mass is 35.5. The number of sulfone groups is 1. The number of fused-ring (bicyclic) bond motifs is 1. The van der Waals surface area contributed by atoms with E-state index in [0.717, 1.165) is 19.3 Å². The molecule has 0 radical (unpaired) electrons. The number of carbonyl (C=O) groups excluding carboxylic acids is 5. The molecule has 5 amide bonds. The lowest BCUT2D eigenvalue weighted by molar-refractivity contribution is -0.144. The van der Waals surface area contributed by atoms with E-state index in [1.165, 1.54) is 11.0 Å². The average molecular weight is 735 g/mol. The molecule has 3 aliphatic rings. The average Bonchev–Trinajstić information content (AvgIpc) is 3.28. The maximum absolute atomic E-state index is 14.3. The topological polar surface area (TPSA) is 171 Å². The van der Waals surface area contributed by atoms with Crippen molar-refractivity contribution >= 4 is 62.6 Å². The number of ketones is 1. The molecule has 2 saturated carbocycles. The van der Waals surface area contributed by atoms with Crippen LogP contribution in [0.2, 0.25) is 0 Å². The van der Waals surface area contributed by atoms with E-state index >= 15 is 0 Å². The quantitative estimate of drug-likeness (QED) is 0.128. The monoisotopic (exact) mass is 733 g/mol. The minimum absolute atomic E-state index is 0.0461. The predicted octanol–water partition coefficient (Wildman–Crippen LogP) is 3.40. The minimum Gasteiger partial charge on any atom is -0.346 e. The molecule has 3 rings (SSSR count). The molecule has 272 valence electrons. The van der Waals surface area contributed by atoms with Crippen LogP contribution < -0.4 is 21.3 Å². The van der Waals surface area contributed by atoms with Gasteiger partial charge in [0.15, 0.2) is 9.84 Å². The summed E-state index contributed by atoms with van der Waals surface area (Å²) in [6, 6.07) is -4.09. The van der Waals surface area contributed by atoms with Crippen molar-refractivity contribution < 1.29 is 32.4 Å². The first-order chi connectivity index (χ1) is 22.0. The number of piperidine rings is 1. The van der Waals surface area contributed by atoms with Gasteiger partial charge in [0.05, 0.1) is 22.1 Å². The molecule has 0 aromatic rings. The molecule has 5 atom stereocenters. The van der Waals surface area contributed by atoms with Crippen LogP contribution in [0.15, 0.2) is 12.7 Å². The first-order valence-electron chi connectivity index (χ1n) is 16.8. The van der Waals surface area contributed by atoms with Crippen LogP contribution in [0.5, 0.6) is 0 Å². The van der Waals surface area contributed by atoms with Crippen LogP contribution in [-0.2, 0) is 29.0 Å². The Bertz CT molecular complexity index is 1380. The second kappa shape index (κ2) is 14.8. The van der Waals surface area contributed by atoms with E-state index in [2.05, 4.69) is 27.8 Å². The second-order valence-electron chi connectivity index (χ2n) is 15.6. The van der Waals surface area contributed by atoms with E-state index < -0.39 is 89.4 Å². The SMILES string of the molecule is C=CCNC(=O)C(=O)C(CCC)NC(=O)[C@@H]1[C@@H]2[C@H](CN1C(=O)[C@@H](NC(=O)NC1(CS(=O)(=O)C(C)(C)C)CCCCC1)C(C)(C)C)C2(Cl)Cl. The lowest BCUT2D eigenvalue weighted by Gasteiger charge is -2.41. The fourth-order valence-corrected chi connectivity index (χ4v) is 9.04. The third-order valence-corrected chi connectivity index (χ3v) is 13.6. The number of rotatable bonds is 13. The van der Waals surface area contributed by atoms with Crippen molar-refractivity contribution in [1.29, 1.82) is 0 Å². The number of urea groups is 1. The summed E-state index contributed by atoms with van der Waals surface area (Å²) in [7, 11) is -3.59. The summed E-state index contributed by atoms with van der Waals surface area (Å²) in [5.41, 5.74) is -1.82. The highest BCUT2D eigenvalue weighted by Gasteiger charge is 2.74. The highest BCUT2D eigenvalue weighted by Crippen LogP contribution is 2.65. The molecule has 0 spiro atoms. The number of halogens is 2. The van der Waals surface area contributed by atoms with Crippen molar-refractivity contribution in [2.24, 2.45) is 17.3 Å². The van der Waals surface area contributed by atoms with Gasteiger partial charge in [0.2, 0.25) is 17.6 Å². The van der Waals surface area contributed by atoms with Crippen molar-refractivity contribution in [3.05, 3.63) is 12.7 Å². The van der Waals surface area contributed by atoms with Crippen molar-refractivity contribution in [2.75, 3.05) is 18.8 Å². The molecule has 1 saturated heterocycles. The van der Waals surface area contributed by atoms with Crippen LogP contribution in [0.25, 0.3) is 0 Å². The Kier molecular flexibility index (Phi) is 12.4. The van der Waals surface area contributed by atoms with E-state index in [0.29, 0.717) is 19.3 Å². The smallest absolute Gasteiger partial charge is 0.315 e. The molecule has 3 fully saturated rings. The number of Topliss-reactive ketones (excluding diaryl/α,β-unsaturated/α-hetero) is 1. The van der Waals surface area contributed by atoms with Gasteiger partial charge >= 0.3 is 6.03 Å². The van der Waals surface area contributed by atoms with Crippen molar-refractivity contribution in [1.82, 2.24) is 26.2 Å². The Morgan fingerprint density at radius 3 is 2.12 bits per heavy atom. The molecule has 4 N–H and O–H groups in total. The zero-order valence-corrected chi connectivity index (χ0v) is 31.5. The summed E-state index contributed by atoms with van der Waals surface area (Å²) in [6.07, 6.45) is 5.51. The van der Waals surface area contributed by atoms with Crippen molar-refractivity contribution in [2.45, 2.75) is 126 Å². The molecule has 0 aromatic heterocycles. The summed E-state index contributed by atoms with van der Waals surface area (Å²) in [5, 5.41) is 10.8. The highest BCUT2D eigenvalue weighted by molar-refractivity contribution is 7.92. The van der Waals surface area contributed by atoms with Gasteiger partial charge in [0.1, 0.15) is 16.4 Å². The summed E-state index contributed by atoms with van der Waals surface area (Å²) < 4.78 is 24.2. The van der Waals surface area contributed by atoms with Gasteiger partial charge in [0.25, 0.3) is 5.91 Å². The molecule has 1 heterocycles. The van der Waals surface area contributed by atoms with E-state index in [1.807, 2.05) is 0 Å². The summed E-state index contributed by atoms with van der Waals surface area (Å²) in [4.78, 5) is 68.5. The standard InChI is InChI=1S/C33H53Cl2N5O7S/c1-9-14-21(24(41)27(43)36-17-10-2)37-26(42)23-22-20(33(22,34)35)18-40(23)28(44)25(30(3,4)5)38-29(45)39-32(15-12-11-13-16-32)19-48(46,47)31(6,7)8/h10,20-23,25H,2,9,11-19H2,1,3-8H3,(H,36,43)(H,37,42)(H2,38,39,45)/t20-,21?,22-,23-,25+/m0/s1. The Morgan fingerprint density at radius 1 is 1.00 bits per heavy atom. The zero-order valence-electron chi connectivity index (χ0n) is 29.2. The summed E-state index contributed by atoms with van der Waals surface area (Å²) >= 11 is 13.1. The molecular weight excluding hydrogens is 681 g/mol. The zero-order chi connectivity index (χ0) is 36.5. The maximum atomic E-state index is 14.3. The van der Waals surface area contributed by atoms with E-state index in [-0.39, 0.29) is 25.3 Å². The van der Waals surface area contributed by atoms with Crippen LogP contribution >= 0.6 is 23.2 Å². The minimum atomic E-state index is -3.59. The van der Waals surface area contributed by atoms with Gasteiger partial charge in [-0.25, -0.2) is 13.2 Å². The Hall–Kier alpha value is -2.38. The fourth-order valence-electron chi connectivity index (χ4n) is 6.69. The lowest BCUT2D eigenvalue weighted by atomic mass is 9.83. The van der Waals surface area contributed by atoms with Gasteiger partial charge in [-0.1, -0.05) is 59.5 Å². The van der Waals surface area contributed by atoms with Gasteiger partial charge in [-0.2, -0.15) is 0 Å².